The van der Waals surface area contributed by atoms with E-state index in [1.165, 1.54) is 28.0 Å². The van der Waals surface area contributed by atoms with E-state index in [4.69, 9.17) is 0 Å². The van der Waals surface area contributed by atoms with Gasteiger partial charge in [0, 0.05) is 32.1 Å². The molecule has 160 valence electrons. The van der Waals surface area contributed by atoms with Crippen LogP contribution >= 0.6 is 0 Å². The maximum absolute atomic E-state index is 12.1. The number of nitrogens with zero attached hydrogens (tertiary/aromatic N) is 1. The fourth-order valence-electron chi connectivity index (χ4n) is 7.33. The van der Waals surface area contributed by atoms with E-state index in [-0.39, 0.29) is 11.5 Å². The van der Waals surface area contributed by atoms with Crippen molar-refractivity contribution in [2.45, 2.75) is 70.8 Å². The predicted molar refractivity (Wildman–Crippen MR) is 122 cm³/mol. The lowest BCUT2D eigenvalue weighted by Gasteiger charge is -2.52. The maximum atomic E-state index is 12.1. The molecule has 0 aromatic heterocycles. The summed E-state index contributed by atoms with van der Waals surface area (Å²) in [6, 6.07) is 6.95. The number of fused-ring (bicyclic) bond motifs is 4. The Hall–Kier alpha value is -1.87. The van der Waals surface area contributed by atoms with E-state index >= 15 is 0 Å². The van der Waals surface area contributed by atoms with Crippen molar-refractivity contribution in [1.29, 1.82) is 0 Å². The molecule has 0 radical (unpaired) electrons. The van der Waals surface area contributed by atoms with Gasteiger partial charge in [-0.05, 0) is 97.1 Å². The van der Waals surface area contributed by atoms with E-state index in [0.29, 0.717) is 30.0 Å². The average Bonchev–Trinajstić information content (AvgIpc) is 3.01. The molecular formula is C27H35NO2. The van der Waals surface area contributed by atoms with Crippen LogP contribution in [0.5, 0.6) is 0 Å². The van der Waals surface area contributed by atoms with Crippen molar-refractivity contribution < 1.29 is 9.90 Å². The van der Waals surface area contributed by atoms with Crippen LogP contribution in [0.15, 0.2) is 41.0 Å². The first-order valence-corrected chi connectivity index (χ1v) is 11.7. The SMILES string of the molecule is Cc1cc(C2CC3(C)C(O)CCC3C3CCC4=CC(=O)CCC4=C23)ccc1N(C)C. The second kappa shape index (κ2) is 7.09. The lowest BCUT2D eigenvalue weighted by atomic mass is 9.53. The highest BCUT2D eigenvalue weighted by molar-refractivity contribution is 5.93. The van der Waals surface area contributed by atoms with Crippen molar-refractivity contribution in [3.8, 4) is 0 Å². The predicted octanol–water partition coefficient (Wildman–Crippen LogP) is 5.32. The molecule has 0 amide bonds. The summed E-state index contributed by atoms with van der Waals surface area (Å²) < 4.78 is 0. The first-order valence-electron chi connectivity index (χ1n) is 11.7. The number of carbonyl (C=O) groups excluding carboxylic acids is 1. The molecule has 2 fully saturated rings. The molecule has 0 bridgehead atoms. The summed E-state index contributed by atoms with van der Waals surface area (Å²) in [5.74, 6) is 1.78. The highest BCUT2D eigenvalue weighted by atomic mass is 16.3. The van der Waals surface area contributed by atoms with Crippen LogP contribution in [0.3, 0.4) is 0 Å². The number of benzene rings is 1. The summed E-state index contributed by atoms with van der Waals surface area (Å²) >= 11 is 0. The smallest absolute Gasteiger partial charge is 0.156 e. The Labute approximate surface area is 180 Å². The largest absolute Gasteiger partial charge is 0.393 e. The summed E-state index contributed by atoms with van der Waals surface area (Å²) in [6.07, 6.45) is 8.59. The number of rotatable bonds is 2. The van der Waals surface area contributed by atoms with Crippen molar-refractivity contribution in [2.24, 2.45) is 17.3 Å². The summed E-state index contributed by atoms with van der Waals surface area (Å²) in [5.41, 5.74) is 8.39. The van der Waals surface area contributed by atoms with Gasteiger partial charge in [0.15, 0.2) is 5.78 Å². The van der Waals surface area contributed by atoms with Gasteiger partial charge in [0.1, 0.15) is 0 Å². The number of ketones is 1. The Morgan fingerprint density at radius 1 is 1.10 bits per heavy atom. The van der Waals surface area contributed by atoms with Crippen molar-refractivity contribution >= 4 is 11.5 Å². The zero-order valence-corrected chi connectivity index (χ0v) is 18.9. The summed E-state index contributed by atoms with van der Waals surface area (Å²) in [4.78, 5) is 14.3. The Kier molecular flexibility index (Phi) is 4.74. The molecule has 30 heavy (non-hydrogen) atoms. The molecule has 2 saturated carbocycles. The molecule has 5 rings (SSSR count). The zero-order chi connectivity index (χ0) is 21.2. The first kappa shape index (κ1) is 20.1. The lowest BCUT2D eigenvalue weighted by Crippen LogP contribution is -2.45. The van der Waals surface area contributed by atoms with E-state index in [1.807, 2.05) is 6.08 Å². The van der Waals surface area contributed by atoms with E-state index in [2.05, 4.69) is 51.0 Å². The quantitative estimate of drug-likeness (QED) is 0.724. The molecule has 1 aromatic carbocycles. The number of aliphatic hydroxyl groups is 1. The van der Waals surface area contributed by atoms with Gasteiger partial charge in [-0.25, -0.2) is 0 Å². The molecule has 0 heterocycles. The van der Waals surface area contributed by atoms with Gasteiger partial charge in [-0.3, -0.25) is 4.79 Å². The van der Waals surface area contributed by atoms with Gasteiger partial charge < -0.3 is 10.0 Å². The maximum Gasteiger partial charge on any atom is 0.156 e. The third-order valence-electron chi connectivity index (χ3n) is 8.79. The highest BCUT2D eigenvalue weighted by Gasteiger charge is 2.56. The molecule has 3 nitrogen and oxygen atoms in total. The highest BCUT2D eigenvalue weighted by Crippen LogP contribution is 2.63. The van der Waals surface area contributed by atoms with Crippen LogP contribution in [-0.4, -0.2) is 31.1 Å². The van der Waals surface area contributed by atoms with Crippen LogP contribution < -0.4 is 4.90 Å². The van der Waals surface area contributed by atoms with Crippen molar-refractivity contribution in [2.75, 3.05) is 19.0 Å². The van der Waals surface area contributed by atoms with Crippen LogP contribution in [0.4, 0.5) is 5.69 Å². The van der Waals surface area contributed by atoms with Gasteiger partial charge in [-0.15, -0.1) is 0 Å². The van der Waals surface area contributed by atoms with Gasteiger partial charge in [-0.1, -0.05) is 24.6 Å². The average molecular weight is 406 g/mol. The Morgan fingerprint density at radius 3 is 2.63 bits per heavy atom. The second-order valence-corrected chi connectivity index (χ2v) is 10.6. The third kappa shape index (κ3) is 2.92. The molecular weight excluding hydrogens is 370 g/mol. The van der Waals surface area contributed by atoms with Gasteiger partial charge in [0.25, 0.3) is 0 Å². The minimum atomic E-state index is -0.191. The molecule has 1 aromatic rings. The molecule has 4 aliphatic carbocycles. The topological polar surface area (TPSA) is 40.5 Å². The Bertz CT molecular complexity index is 956. The number of hydrogen-bond acceptors (Lipinski definition) is 3. The molecule has 0 spiro atoms. The minimum Gasteiger partial charge on any atom is -0.393 e. The Morgan fingerprint density at radius 2 is 1.90 bits per heavy atom. The lowest BCUT2D eigenvalue weighted by molar-refractivity contribution is -0.114. The molecule has 5 unspecified atom stereocenters. The standard InChI is InChI=1S/C27H35NO2/c1-16-13-17(6-11-24(16)28(3)4)22-15-27(2)23(10-12-25(27)30)21-8-5-18-14-19(29)7-9-20(18)26(21)22/h6,11,13-14,21-23,25,30H,5,7-10,12,15H2,1-4H3. The fraction of sp³-hybridized carbons (Fsp3) is 0.593. The summed E-state index contributed by atoms with van der Waals surface area (Å²) in [5, 5.41) is 11.0. The first-order chi connectivity index (χ1) is 14.3. The minimum absolute atomic E-state index is 0.000772. The van der Waals surface area contributed by atoms with Crippen molar-refractivity contribution in [1.82, 2.24) is 0 Å². The number of allylic oxidation sites excluding steroid dienone is 4. The second-order valence-electron chi connectivity index (χ2n) is 10.6. The van der Waals surface area contributed by atoms with Gasteiger partial charge in [0.2, 0.25) is 0 Å². The van der Waals surface area contributed by atoms with Crippen LogP contribution in [0.25, 0.3) is 0 Å². The van der Waals surface area contributed by atoms with E-state index in [0.717, 1.165) is 38.5 Å². The van der Waals surface area contributed by atoms with E-state index in [9.17, 15) is 9.90 Å². The monoisotopic (exact) mass is 405 g/mol. The van der Waals surface area contributed by atoms with Crippen LogP contribution in [0.1, 0.15) is 68.9 Å². The van der Waals surface area contributed by atoms with Crippen molar-refractivity contribution in [3.05, 3.63) is 52.1 Å². The fourth-order valence-corrected chi connectivity index (χ4v) is 7.33. The number of hydrogen-bond donors (Lipinski definition) is 1. The van der Waals surface area contributed by atoms with Crippen LogP contribution in [-0.2, 0) is 4.79 Å². The van der Waals surface area contributed by atoms with Crippen LogP contribution in [0, 0.1) is 24.2 Å². The molecule has 5 atom stereocenters. The van der Waals surface area contributed by atoms with Gasteiger partial charge >= 0.3 is 0 Å². The summed E-state index contributed by atoms with van der Waals surface area (Å²) in [7, 11) is 4.20. The van der Waals surface area contributed by atoms with E-state index < -0.39 is 0 Å². The van der Waals surface area contributed by atoms with Crippen molar-refractivity contribution in [3.63, 3.8) is 0 Å². The normalized spacial score (nSPS) is 35.5. The third-order valence-corrected chi connectivity index (χ3v) is 8.79. The summed E-state index contributed by atoms with van der Waals surface area (Å²) in [6.45, 7) is 4.55. The van der Waals surface area contributed by atoms with Crippen LogP contribution in [0.2, 0.25) is 0 Å². The zero-order valence-electron chi connectivity index (χ0n) is 18.9. The molecule has 0 saturated heterocycles. The Balaban J connectivity index is 1.67. The molecule has 1 N–H and O–H groups in total. The molecule has 4 aliphatic rings. The number of carbonyl (C=O) groups is 1. The van der Waals surface area contributed by atoms with Gasteiger partial charge in [0.05, 0.1) is 6.10 Å². The number of aliphatic hydroxyl groups excluding tert-OH is 1. The molecule has 3 heteroatoms. The van der Waals surface area contributed by atoms with Gasteiger partial charge in [-0.2, -0.15) is 0 Å². The van der Waals surface area contributed by atoms with E-state index in [1.54, 1.807) is 5.57 Å². The molecule has 0 aliphatic heterocycles. The number of aryl methyl sites for hydroxylation is 1. The number of anilines is 1.